The average molecular weight is 241 g/mol. The number of benzene rings is 1. The molecule has 0 aliphatic heterocycles. The molecular weight excluding hydrogens is 229 g/mol. The average Bonchev–Trinajstić information content (AvgIpc) is 2.42. The van der Waals surface area contributed by atoms with E-state index >= 15 is 0 Å². The third-order valence-corrected chi connectivity index (χ3v) is 2.53. The molecule has 90 valence electrons. The van der Waals surface area contributed by atoms with E-state index in [1.54, 1.807) is 18.3 Å². The first-order chi connectivity index (χ1) is 8.79. The molecule has 0 aliphatic carbocycles. The second-order valence-corrected chi connectivity index (χ2v) is 3.84. The topological polar surface area (TPSA) is 48.7 Å². The molecule has 0 saturated carbocycles. The summed E-state index contributed by atoms with van der Waals surface area (Å²) < 4.78 is 13.6. The lowest BCUT2D eigenvalue weighted by atomic mass is 10.1. The fourth-order valence-corrected chi connectivity index (χ4v) is 1.59. The van der Waals surface area contributed by atoms with Crippen molar-refractivity contribution in [1.29, 1.82) is 5.26 Å². The zero-order valence-electron chi connectivity index (χ0n) is 9.73. The van der Waals surface area contributed by atoms with Crippen LogP contribution in [0.3, 0.4) is 0 Å². The van der Waals surface area contributed by atoms with E-state index in [1.165, 1.54) is 6.07 Å². The number of pyridine rings is 1. The van der Waals surface area contributed by atoms with Crippen LogP contribution in [0, 0.1) is 17.1 Å². The number of nitrogens with one attached hydrogen (secondary N) is 1. The minimum Gasteiger partial charge on any atom is -0.307 e. The number of hydrogen-bond donors (Lipinski definition) is 1. The Morgan fingerprint density at radius 3 is 2.78 bits per heavy atom. The summed E-state index contributed by atoms with van der Waals surface area (Å²) in [5.41, 5.74) is 1.79. The standard InChI is InChI=1S/C14H12FN3/c15-14-7-11(8-16)4-5-12(14)9-17-10-13-3-1-2-6-18-13/h1-7,17H,9-10H2. The fourth-order valence-electron chi connectivity index (χ4n) is 1.59. The van der Waals surface area contributed by atoms with Crippen molar-refractivity contribution in [2.75, 3.05) is 0 Å². The Hall–Kier alpha value is -2.25. The Labute approximate surface area is 105 Å². The van der Waals surface area contributed by atoms with Gasteiger partial charge in [-0.1, -0.05) is 12.1 Å². The van der Waals surface area contributed by atoms with Crippen molar-refractivity contribution < 1.29 is 4.39 Å². The van der Waals surface area contributed by atoms with Gasteiger partial charge in [0.15, 0.2) is 0 Å². The van der Waals surface area contributed by atoms with Gasteiger partial charge in [0, 0.05) is 24.8 Å². The maximum Gasteiger partial charge on any atom is 0.129 e. The molecule has 1 aromatic carbocycles. The maximum atomic E-state index is 13.6. The van der Waals surface area contributed by atoms with Gasteiger partial charge in [0.05, 0.1) is 17.3 Å². The van der Waals surface area contributed by atoms with E-state index in [4.69, 9.17) is 5.26 Å². The first kappa shape index (κ1) is 12.2. The molecular formula is C14H12FN3. The van der Waals surface area contributed by atoms with Crippen LogP contribution in [0.1, 0.15) is 16.8 Å². The van der Waals surface area contributed by atoms with Crippen molar-refractivity contribution in [3.05, 3.63) is 65.2 Å². The third-order valence-electron chi connectivity index (χ3n) is 2.53. The first-order valence-corrected chi connectivity index (χ1v) is 5.59. The van der Waals surface area contributed by atoms with Crippen molar-refractivity contribution >= 4 is 0 Å². The van der Waals surface area contributed by atoms with Gasteiger partial charge in [0.1, 0.15) is 5.82 Å². The molecule has 0 unspecified atom stereocenters. The van der Waals surface area contributed by atoms with Gasteiger partial charge in [0.25, 0.3) is 0 Å². The second-order valence-electron chi connectivity index (χ2n) is 3.84. The molecule has 1 N–H and O–H groups in total. The van der Waals surface area contributed by atoms with E-state index in [2.05, 4.69) is 10.3 Å². The summed E-state index contributed by atoms with van der Waals surface area (Å²) in [6, 6.07) is 12.1. The Morgan fingerprint density at radius 1 is 1.22 bits per heavy atom. The molecule has 0 amide bonds. The highest BCUT2D eigenvalue weighted by Gasteiger charge is 2.03. The highest BCUT2D eigenvalue weighted by Crippen LogP contribution is 2.09. The molecule has 1 aromatic heterocycles. The van der Waals surface area contributed by atoms with Gasteiger partial charge in [-0.15, -0.1) is 0 Å². The van der Waals surface area contributed by atoms with Gasteiger partial charge in [0.2, 0.25) is 0 Å². The van der Waals surface area contributed by atoms with E-state index in [9.17, 15) is 4.39 Å². The SMILES string of the molecule is N#Cc1ccc(CNCc2ccccn2)c(F)c1. The summed E-state index contributed by atoms with van der Waals surface area (Å²) in [4.78, 5) is 4.16. The van der Waals surface area contributed by atoms with Crippen LogP contribution < -0.4 is 5.32 Å². The van der Waals surface area contributed by atoms with Crippen LogP contribution in [0.15, 0.2) is 42.6 Å². The van der Waals surface area contributed by atoms with Crippen LogP contribution in [0.4, 0.5) is 4.39 Å². The predicted molar refractivity (Wildman–Crippen MR) is 65.9 cm³/mol. The summed E-state index contributed by atoms with van der Waals surface area (Å²) in [6.45, 7) is 0.994. The van der Waals surface area contributed by atoms with E-state index in [1.807, 2.05) is 24.3 Å². The van der Waals surface area contributed by atoms with Gasteiger partial charge < -0.3 is 5.32 Å². The Morgan fingerprint density at radius 2 is 2.11 bits per heavy atom. The normalized spacial score (nSPS) is 10.0. The van der Waals surface area contributed by atoms with Crippen LogP contribution in [-0.4, -0.2) is 4.98 Å². The Kier molecular flexibility index (Phi) is 4.00. The molecule has 2 aromatic rings. The molecule has 0 spiro atoms. The van der Waals surface area contributed by atoms with Gasteiger partial charge >= 0.3 is 0 Å². The lowest BCUT2D eigenvalue weighted by Gasteiger charge is -2.05. The Balaban J connectivity index is 1.93. The third kappa shape index (κ3) is 3.12. The van der Waals surface area contributed by atoms with Crippen molar-refractivity contribution in [2.24, 2.45) is 0 Å². The van der Waals surface area contributed by atoms with Gasteiger partial charge in [-0.05, 0) is 24.3 Å². The van der Waals surface area contributed by atoms with Crippen LogP contribution in [0.2, 0.25) is 0 Å². The van der Waals surface area contributed by atoms with Crippen molar-refractivity contribution in [3.8, 4) is 6.07 Å². The van der Waals surface area contributed by atoms with Crippen molar-refractivity contribution in [1.82, 2.24) is 10.3 Å². The number of halogens is 1. The minimum atomic E-state index is -0.359. The molecule has 0 bridgehead atoms. The highest BCUT2D eigenvalue weighted by molar-refractivity contribution is 5.32. The van der Waals surface area contributed by atoms with E-state index < -0.39 is 0 Å². The molecule has 0 atom stereocenters. The molecule has 4 heteroatoms. The zero-order valence-corrected chi connectivity index (χ0v) is 9.73. The molecule has 2 rings (SSSR count). The maximum absolute atomic E-state index is 13.6. The molecule has 18 heavy (non-hydrogen) atoms. The molecule has 0 radical (unpaired) electrons. The smallest absolute Gasteiger partial charge is 0.129 e. The zero-order chi connectivity index (χ0) is 12.8. The van der Waals surface area contributed by atoms with Gasteiger partial charge in [-0.2, -0.15) is 5.26 Å². The second kappa shape index (κ2) is 5.89. The van der Waals surface area contributed by atoms with Crippen LogP contribution in [-0.2, 0) is 13.1 Å². The molecule has 0 fully saturated rings. The van der Waals surface area contributed by atoms with Crippen LogP contribution >= 0.6 is 0 Å². The molecule has 3 nitrogen and oxygen atoms in total. The summed E-state index contributed by atoms with van der Waals surface area (Å²) in [5, 5.41) is 11.7. The fraction of sp³-hybridized carbons (Fsp3) is 0.143. The Bertz CT molecular complexity index is 561. The van der Waals surface area contributed by atoms with Crippen molar-refractivity contribution in [2.45, 2.75) is 13.1 Å². The van der Waals surface area contributed by atoms with Crippen LogP contribution in [0.25, 0.3) is 0 Å². The van der Waals surface area contributed by atoms with E-state index in [0.717, 1.165) is 5.69 Å². The lowest BCUT2D eigenvalue weighted by Crippen LogP contribution is -2.14. The number of hydrogen-bond acceptors (Lipinski definition) is 3. The van der Waals surface area contributed by atoms with Crippen LogP contribution in [0.5, 0.6) is 0 Å². The molecule has 0 saturated heterocycles. The lowest BCUT2D eigenvalue weighted by molar-refractivity contribution is 0.585. The summed E-state index contributed by atoms with van der Waals surface area (Å²) in [6.07, 6.45) is 1.72. The number of nitrogens with zero attached hydrogens (tertiary/aromatic N) is 2. The summed E-state index contributed by atoms with van der Waals surface area (Å²) in [7, 11) is 0. The monoisotopic (exact) mass is 241 g/mol. The number of aromatic nitrogens is 1. The number of nitriles is 1. The largest absolute Gasteiger partial charge is 0.307 e. The molecule has 1 heterocycles. The van der Waals surface area contributed by atoms with E-state index in [0.29, 0.717) is 24.2 Å². The van der Waals surface area contributed by atoms with Crippen molar-refractivity contribution in [3.63, 3.8) is 0 Å². The summed E-state index contributed by atoms with van der Waals surface area (Å²) >= 11 is 0. The first-order valence-electron chi connectivity index (χ1n) is 5.59. The quantitative estimate of drug-likeness (QED) is 0.894. The minimum absolute atomic E-state index is 0.334. The van der Waals surface area contributed by atoms with Gasteiger partial charge in [-0.25, -0.2) is 4.39 Å². The molecule has 0 aliphatic rings. The highest BCUT2D eigenvalue weighted by atomic mass is 19.1. The summed E-state index contributed by atoms with van der Waals surface area (Å²) in [5.74, 6) is -0.359. The predicted octanol–water partition coefficient (Wildman–Crippen LogP) is 2.38. The number of rotatable bonds is 4. The van der Waals surface area contributed by atoms with Gasteiger partial charge in [-0.3, -0.25) is 4.98 Å². The van der Waals surface area contributed by atoms with E-state index in [-0.39, 0.29) is 5.82 Å².